The van der Waals surface area contributed by atoms with E-state index in [-0.39, 0.29) is 0 Å². The fourth-order valence-electron chi connectivity index (χ4n) is 1.32. The van der Waals surface area contributed by atoms with Gasteiger partial charge in [0.1, 0.15) is 5.78 Å². The third kappa shape index (κ3) is 2.86. The van der Waals surface area contributed by atoms with Crippen molar-refractivity contribution in [2.75, 3.05) is 0 Å². The molecule has 1 fully saturated rings. The highest BCUT2D eigenvalue weighted by molar-refractivity contribution is 8.00. The zero-order chi connectivity index (χ0) is 8.27. The van der Waals surface area contributed by atoms with Gasteiger partial charge in [0.25, 0.3) is 0 Å². The van der Waals surface area contributed by atoms with E-state index in [2.05, 4.69) is 13.8 Å². The molecule has 0 aromatic heterocycles. The number of carbonyl (C=O) groups excluding carboxylic acids is 1. The van der Waals surface area contributed by atoms with Gasteiger partial charge < -0.3 is 0 Å². The van der Waals surface area contributed by atoms with Crippen LogP contribution in [0.4, 0.5) is 0 Å². The molecule has 0 aliphatic heterocycles. The summed E-state index contributed by atoms with van der Waals surface area (Å²) in [6.45, 7) is 4.45. The topological polar surface area (TPSA) is 17.1 Å². The Hall–Kier alpha value is 0.0200. The lowest BCUT2D eigenvalue weighted by atomic mass is 10.3. The molecule has 0 spiro atoms. The van der Waals surface area contributed by atoms with Gasteiger partial charge in [-0.05, 0) is 12.8 Å². The highest BCUT2D eigenvalue weighted by Crippen LogP contribution is 2.31. The zero-order valence-corrected chi connectivity index (χ0v) is 8.12. The van der Waals surface area contributed by atoms with Crippen molar-refractivity contribution in [3.05, 3.63) is 0 Å². The molecule has 1 nitrogen and oxygen atoms in total. The molecule has 0 heterocycles. The van der Waals surface area contributed by atoms with Gasteiger partial charge in [0.2, 0.25) is 0 Å². The summed E-state index contributed by atoms with van der Waals surface area (Å²) in [5.74, 6) is 0.464. The number of carbonyl (C=O) groups is 1. The Bertz CT molecular complexity index is 144. The van der Waals surface area contributed by atoms with Crippen molar-refractivity contribution in [2.45, 2.75) is 50.0 Å². The minimum atomic E-state index is 0.464. The summed E-state index contributed by atoms with van der Waals surface area (Å²) in [5, 5.41) is 1.36. The van der Waals surface area contributed by atoms with Crippen LogP contribution in [0.1, 0.15) is 39.5 Å². The molecule has 2 heteroatoms. The number of thioether (sulfide) groups is 1. The van der Waals surface area contributed by atoms with Crippen LogP contribution in [0.25, 0.3) is 0 Å². The van der Waals surface area contributed by atoms with Crippen LogP contribution in [0.2, 0.25) is 0 Å². The van der Waals surface area contributed by atoms with Gasteiger partial charge in [-0.25, -0.2) is 0 Å². The average molecular weight is 172 g/mol. The quantitative estimate of drug-likeness (QED) is 0.651. The van der Waals surface area contributed by atoms with E-state index >= 15 is 0 Å². The van der Waals surface area contributed by atoms with Crippen LogP contribution in [-0.2, 0) is 4.79 Å². The number of ketones is 1. The summed E-state index contributed by atoms with van der Waals surface area (Å²) in [4.78, 5) is 10.9. The molecule has 0 N–H and O–H groups in total. The van der Waals surface area contributed by atoms with Crippen molar-refractivity contribution >= 4 is 17.5 Å². The largest absolute Gasteiger partial charge is 0.300 e. The van der Waals surface area contributed by atoms with Crippen molar-refractivity contribution in [3.8, 4) is 0 Å². The lowest BCUT2D eigenvalue weighted by molar-refractivity contribution is -0.117. The molecule has 1 rings (SSSR count). The maximum absolute atomic E-state index is 10.9. The van der Waals surface area contributed by atoms with Crippen LogP contribution in [0.5, 0.6) is 0 Å². The molecule has 0 aromatic carbocycles. The molecule has 64 valence electrons. The second-order valence-electron chi connectivity index (χ2n) is 3.26. The van der Waals surface area contributed by atoms with E-state index in [0.29, 0.717) is 11.0 Å². The maximum Gasteiger partial charge on any atom is 0.134 e. The molecule has 0 saturated heterocycles. The first-order valence-corrected chi connectivity index (χ1v) is 5.33. The van der Waals surface area contributed by atoms with Crippen molar-refractivity contribution in [1.82, 2.24) is 0 Å². The van der Waals surface area contributed by atoms with Gasteiger partial charge in [0.15, 0.2) is 0 Å². The minimum Gasteiger partial charge on any atom is -0.300 e. The lowest BCUT2D eigenvalue weighted by Crippen LogP contribution is -2.03. The fraction of sp³-hybridized carbons (Fsp3) is 0.889. The SMILES string of the molecule is CCC(C)SC1CCC(=O)C1. The van der Waals surface area contributed by atoms with Crippen molar-refractivity contribution in [3.63, 3.8) is 0 Å². The van der Waals surface area contributed by atoms with E-state index < -0.39 is 0 Å². The molecule has 1 saturated carbocycles. The molecule has 0 aromatic rings. The number of Topliss-reactive ketones (excluding diaryl/α,β-unsaturated/α-hetero) is 1. The molecular weight excluding hydrogens is 156 g/mol. The van der Waals surface area contributed by atoms with E-state index in [0.717, 1.165) is 24.5 Å². The van der Waals surface area contributed by atoms with Gasteiger partial charge in [-0.15, -0.1) is 0 Å². The first-order valence-electron chi connectivity index (χ1n) is 4.39. The highest BCUT2D eigenvalue weighted by atomic mass is 32.2. The molecule has 2 atom stereocenters. The normalized spacial score (nSPS) is 27.5. The van der Waals surface area contributed by atoms with Crippen LogP contribution in [0, 0.1) is 0 Å². The predicted octanol–water partition coefficient (Wildman–Crippen LogP) is 2.64. The highest BCUT2D eigenvalue weighted by Gasteiger charge is 2.23. The Balaban J connectivity index is 2.22. The Kier molecular flexibility index (Phi) is 3.44. The smallest absolute Gasteiger partial charge is 0.134 e. The summed E-state index contributed by atoms with van der Waals surface area (Å²) in [6, 6.07) is 0. The Morgan fingerprint density at radius 1 is 1.73 bits per heavy atom. The summed E-state index contributed by atoms with van der Waals surface area (Å²) in [5.41, 5.74) is 0. The molecule has 0 radical (unpaired) electrons. The minimum absolute atomic E-state index is 0.464. The van der Waals surface area contributed by atoms with Crippen LogP contribution < -0.4 is 0 Å². The first kappa shape index (κ1) is 9.11. The number of hydrogen-bond donors (Lipinski definition) is 0. The van der Waals surface area contributed by atoms with E-state index in [1.165, 1.54) is 6.42 Å². The average Bonchev–Trinajstić information content (AvgIpc) is 2.35. The van der Waals surface area contributed by atoms with Crippen molar-refractivity contribution in [2.24, 2.45) is 0 Å². The van der Waals surface area contributed by atoms with E-state index in [1.807, 2.05) is 11.8 Å². The second kappa shape index (κ2) is 4.15. The van der Waals surface area contributed by atoms with E-state index in [9.17, 15) is 4.79 Å². The van der Waals surface area contributed by atoms with Crippen LogP contribution in [-0.4, -0.2) is 16.3 Å². The summed E-state index contributed by atoms with van der Waals surface area (Å²) in [6.07, 6.45) is 3.99. The second-order valence-corrected chi connectivity index (χ2v) is 5.00. The summed E-state index contributed by atoms with van der Waals surface area (Å²) >= 11 is 1.99. The third-order valence-electron chi connectivity index (χ3n) is 2.20. The molecule has 0 amide bonds. The van der Waals surface area contributed by atoms with Gasteiger partial charge >= 0.3 is 0 Å². The summed E-state index contributed by atoms with van der Waals surface area (Å²) < 4.78 is 0. The van der Waals surface area contributed by atoms with E-state index in [1.54, 1.807) is 0 Å². The molecular formula is C9H16OS. The Morgan fingerprint density at radius 2 is 2.45 bits per heavy atom. The molecule has 11 heavy (non-hydrogen) atoms. The maximum atomic E-state index is 10.9. The van der Waals surface area contributed by atoms with E-state index in [4.69, 9.17) is 0 Å². The van der Waals surface area contributed by atoms with Gasteiger partial charge in [-0.2, -0.15) is 11.8 Å². The molecule has 0 bridgehead atoms. The van der Waals surface area contributed by atoms with Gasteiger partial charge in [0.05, 0.1) is 0 Å². The van der Waals surface area contributed by atoms with Gasteiger partial charge in [0, 0.05) is 23.3 Å². The first-order chi connectivity index (χ1) is 5.22. The van der Waals surface area contributed by atoms with Crippen molar-refractivity contribution in [1.29, 1.82) is 0 Å². The standard InChI is InChI=1S/C9H16OS/c1-3-7(2)11-9-5-4-8(10)6-9/h7,9H,3-6H2,1-2H3. The number of rotatable bonds is 3. The van der Waals surface area contributed by atoms with Gasteiger partial charge in [-0.3, -0.25) is 4.79 Å². The fourth-order valence-corrected chi connectivity index (χ4v) is 2.71. The summed E-state index contributed by atoms with van der Waals surface area (Å²) in [7, 11) is 0. The Morgan fingerprint density at radius 3 is 2.91 bits per heavy atom. The molecule has 1 aliphatic carbocycles. The molecule has 2 unspecified atom stereocenters. The third-order valence-corrected chi connectivity index (χ3v) is 3.79. The van der Waals surface area contributed by atoms with Gasteiger partial charge in [-0.1, -0.05) is 13.8 Å². The van der Waals surface area contributed by atoms with Crippen LogP contribution in [0.15, 0.2) is 0 Å². The molecule has 1 aliphatic rings. The lowest BCUT2D eigenvalue weighted by Gasteiger charge is -2.12. The van der Waals surface area contributed by atoms with Crippen molar-refractivity contribution < 1.29 is 4.79 Å². The van der Waals surface area contributed by atoms with Crippen LogP contribution >= 0.6 is 11.8 Å². The number of hydrogen-bond acceptors (Lipinski definition) is 2. The zero-order valence-electron chi connectivity index (χ0n) is 7.30. The monoisotopic (exact) mass is 172 g/mol. The Labute approximate surface area is 72.9 Å². The van der Waals surface area contributed by atoms with Crippen LogP contribution in [0.3, 0.4) is 0 Å². The predicted molar refractivity (Wildman–Crippen MR) is 50.0 cm³/mol.